The molecule has 0 aliphatic heterocycles. The quantitative estimate of drug-likeness (QED) is 0.712. The maximum Gasteiger partial charge on any atom is 0.220 e. The Hall–Kier alpha value is -1.22. The van der Waals surface area contributed by atoms with E-state index in [2.05, 4.69) is 20.9 Å². The third-order valence-electron chi connectivity index (χ3n) is 2.24. The third kappa shape index (κ3) is 2.07. The zero-order chi connectivity index (χ0) is 10.8. The molecule has 0 radical (unpaired) electrons. The van der Waals surface area contributed by atoms with E-state index in [4.69, 9.17) is 0 Å². The average molecular weight is 266 g/mol. The fourth-order valence-corrected chi connectivity index (χ4v) is 1.82. The standard InChI is InChI=1S/C12H9BrFN/c1-8-4-2-3-5-10(8)11-6-9(13)7-15-12(11)14/h2-7H,1H3. The summed E-state index contributed by atoms with van der Waals surface area (Å²) in [4.78, 5) is 3.68. The van der Waals surface area contributed by atoms with Crippen molar-refractivity contribution in [2.45, 2.75) is 6.92 Å². The summed E-state index contributed by atoms with van der Waals surface area (Å²) < 4.78 is 14.3. The number of rotatable bonds is 1. The predicted molar refractivity (Wildman–Crippen MR) is 62.1 cm³/mol. The van der Waals surface area contributed by atoms with Crippen LogP contribution in [0.1, 0.15) is 5.56 Å². The van der Waals surface area contributed by atoms with Gasteiger partial charge in [-0.25, -0.2) is 4.98 Å². The Balaban J connectivity index is 2.64. The highest BCUT2D eigenvalue weighted by Gasteiger charge is 2.08. The van der Waals surface area contributed by atoms with Crippen molar-refractivity contribution in [2.75, 3.05) is 0 Å². The van der Waals surface area contributed by atoms with Crippen LogP contribution in [0.4, 0.5) is 4.39 Å². The Labute approximate surface area is 96.1 Å². The Morgan fingerprint density at radius 3 is 2.67 bits per heavy atom. The molecule has 0 saturated carbocycles. The van der Waals surface area contributed by atoms with E-state index in [1.807, 2.05) is 31.2 Å². The van der Waals surface area contributed by atoms with Crippen LogP contribution in [0.3, 0.4) is 0 Å². The van der Waals surface area contributed by atoms with E-state index in [9.17, 15) is 4.39 Å². The SMILES string of the molecule is Cc1ccccc1-c1cc(Br)cnc1F. The molecular formula is C12H9BrFN. The molecule has 0 saturated heterocycles. The summed E-state index contributed by atoms with van der Waals surface area (Å²) >= 11 is 3.29. The number of aromatic nitrogens is 1. The largest absolute Gasteiger partial charge is 0.227 e. The lowest BCUT2D eigenvalue weighted by molar-refractivity contribution is 0.587. The van der Waals surface area contributed by atoms with Crippen molar-refractivity contribution in [3.05, 3.63) is 52.5 Å². The maximum absolute atomic E-state index is 13.5. The fraction of sp³-hybridized carbons (Fsp3) is 0.0833. The molecule has 1 aromatic heterocycles. The van der Waals surface area contributed by atoms with E-state index in [-0.39, 0.29) is 0 Å². The first-order valence-electron chi connectivity index (χ1n) is 4.55. The summed E-state index contributed by atoms with van der Waals surface area (Å²) in [6.45, 7) is 1.95. The smallest absolute Gasteiger partial charge is 0.220 e. The van der Waals surface area contributed by atoms with E-state index in [1.165, 1.54) is 6.20 Å². The predicted octanol–water partition coefficient (Wildman–Crippen LogP) is 3.96. The molecule has 2 aromatic rings. The van der Waals surface area contributed by atoms with E-state index in [0.717, 1.165) is 15.6 Å². The highest BCUT2D eigenvalue weighted by molar-refractivity contribution is 9.10. The van der Waals surface area contributed by atoms with Crippen molar-refractivity contribution in [2.24, 2.45) is 0 Å². The normalized spacial score (nSPS) is 10.3. The number of pyridine rings is 1. The third-order valence-corrected chi connectivity index (χ3v) is 2.67. The van der Waals surface area contributed by atoms with Gasteiger partial charge in [0, 0.05) is 16.2 Å². The highest BCUT2D eigenvalue weighted by Crippen LogP contribution is 2.27. The van der Waals surface area contributed by atoms with Gasteiger partial charge in [0.2, 0.25) is 5.95 Å². The van der Waals surface area contributed by atoms with Gasteiger partial charge in [-0.1, -0.05) is 24.3 Å². The molecular weight excluding hydrogens is 257 g/mol. The van der Waals surface area contributed by atoms with E-state index in [0.29, 0.717) is 5.56 Å². The van der Waals surface area contributed by atoms with E-state index < -0.39 is 5.95 Å². The van der Waals surface area contributed by atoms with Gasteiger partial charge in [0.15, 0.2) is 0 Å². The molecule has 1 aromatic carbocycles. The Kier molecular flexibility index (Phi) is 2.82. The van der Waals surface area contributed by atoms with Crippen LogP contribution in [0.2, 0.25) is 0 Å². The fourth-order valence-electron chi connectivity index (χ4n) is 1.49. The molecule has 15 heavy (non-hydrogen) atoms. The van der Waals surface area contributed by atoms with Crippen LogP contribution in [0.15, 0.2) is 41.0 Å². The van der Waals surface area contributed by atoms with Gasteiger partial charge in [-0.15, -0.1) is 0 Å². The number of benzene rings is 1. The van der Waals surface area contributed by atoms with Crippen LogP contribution in [0, 0.1) is 12.9 Å². The summed E-state index contributed by atoms with van der Waals surface area (Å²) in [5, 5.41) is 0. The molecule has 1 heterocycles. The molecule has 0 N–H and O–H groups in total. The van der Waals surface area contributed by atoms with E-state index >= 15 is 0 Å². The Morgan fingerprint density at radius 2 is 1.93 bits per heavy atom. The first-order chi connectivity index (χ1) is 7.18. The van der Waals surface area contributed by atoms with Gasteiger partial charge >= 0.3 is 0 Å². The second-order valence-electron chi connectivity index (χ2n) is 3.31. The van der Waals surface area contributed by atoms with Crippen molar-refractivity contribution >= 4 is 15.9 Å². The summed E-state index contributed by atoms with van der Waals surface area (Å²) in [6.07, 6.45) is 1.46. The Morgan fingerprint density at radius 1 is 1.20 bits per heavy atom. The summed E-state index contributed by atoms with van der Waals surface area (Å²) in [5.74, 6) is -0.437. The van der Waals surface area contributed by atoms with Crippen molar-refractivity contribution in [3.8, 4) is 11.1 Å². The van der Waals surface area contributed by atoms with Gasteiger partial charge in [-0.05, 0) is 40.0 Å². The zero-order valence-corrected chi connectivity index (χ0v) is 9.75. The lowest BCUT2D eigenvalue weighted by atomic mass is 10.0. The minimum atomic E-state index is -0.437. The van der Waals surface area contributed by atoms with Crippen molar-refractivity contribution in [1.82, 2.24) is 4.98 Å². The number of aryl methyl sites for hydroxylation is 1. The minimum Gasteiger partial charge on any atom is -0.227 e. The minimum absolute atomic E-state index is 0.437. The first kappa shape index (κ1) is 10.3. The molecule has 76 valence electrons. The molecule has 0 atom stereocenters. The summed E-state index contributed by atoms with van der Waals surface area (Å²) in [5.41, 5.74) is 2.45. The monoisotopic (exact) mass is 265 g/mol. The summed E-state index contributed by atoms with van der Waals surface area (Å²) in [7, 11) is 0. The number of halogens is 2. The van der Waals surface area contributed by atoms with Gasteiger partial charge in [-0.3, -0.25) is 0 Å². The molecule has 0 bridgehead atoms. The molecule has 0 fully saturated rings. The Bertz CT molecular complexity index is 497. The van der Waals surface area contributed by atoms with Gasteiger partial charge < -0.3 is 0 Å². The first-order valence-corrected chi connectivity index (χ1v) is 5.35. The van der Waals surface area contributed by atoms with Gasteiger partial charge in [0.25, 0.3) is 0 Å². The van der Waals surface area contributed by atoms with Crippen LogP contribution >= 0.6 is 15.9 Å². The van der Waals surface area contributed by atoms with Gasteiger partial charge in [-0.2, -0.15) is 4.39 Å². The lowest BCUT2D eigenvalue weighted by Crippen LogP contribution is -1.90. The van der Waals surface area contributed by atoms with Crippen LogP contribution in [-0.2, 0) is 0 Å². The molecule has 0 spiro atoms. The van der Waals surface area contributed by atoms with Crippen LogP contribution in [0.25, 0.3) is 11.1 Å². The van der Waals surface area contributed by atoms with E-state index in [1.54, 1.807) is 6.07 Å². The molecule has 3 heteroatoms. The molecule has 0 unspecified atom stereocenters. The van der Waals surface area contributed by atoms with Crippen molar-refractivity contribution < 1.29 is 4.39 Å². The molecule has 0 aliphatic rings. The van der Waals surface area contributed by atoms with Crippen molar-refractivity contribution in [1.29, 1.82) is 0 Å². The van der Waals surface area contributed by atoms with Crippen molar-refractivity contribution in [3.63, 3.8) is 0 Å². The number of hydrogen-bond acceptors (Lipinski definition) is 1. The number of nitrogens with zero attached hydrogens (tertiary/aromatic N) is 1. The second-order valence-corrected chi connectivity index (χ2v) is 4.22. The molecule has 0 amide bonds. The summed E-state index contributed by atoms with van der Waals surface area (Å²) in [6, 6.07) is 9.41. The molecule has 2 rings (SSSR count). The van der Waals surface area contributed by atoms with Crippen LogP contribution < -0.4 is 0 Å². The molecule has 0 aliphatic carbocycles. The average Bonchev–Trinajstić information content (AvgIpc) is 2.23. The zero-order valence-electron chi connectivity index (χ0n) is 8.17. The topological polar surface area (TPSA) is 12.9 Å². The second kappa shape index (κ2) is 4.11. The number of hydrogen-bond donors (Lipinski definition) is 0. The van der Waals surface area contributed by atoms with Gasteiger partial charge in [0.1, 0.15) is 0 Å². The molecule has 1 nitrogen and oxygen atoms in total. The van der Waals surface area contributed by atoms with Crippen LogP contribution in [0.5, 0.6) is 0 Å². The lowest BCUT2D eigenvalue weighted by Gasteiger charge is -2.06. The van der Waals surface area contributed by atoms with Crippen LogP contribution in [-0.4, -0.2) is 4.98 Å². The highest BCUT2D eigenvalue weighted by atomic mass is 79.9. The maximum atomic E-state index is 13.5. The van der Waals surface area contributed by atoms with Gasteiger partial charge in [0.05, 0.1) is 0 Å².